The predicted octanol–water partition coefficient (Wildman–Crippen LogP) is 10.1. The van der Waals surface area contributed by atoms with E-state index in [0.29, 0.717) is 17.1 Å². The lowest BCUT2D eigenvalue weighted by molar-refractivity contribution is -0.169. The normalized spacial score (nSPS) is 16.9. The van der Waals surface area contributed by atoms with Crippen LogP contribution in [0, 0.1) is 0 Å². The van der Waals surface area contributed by atoms with Crippen molar-refractivity contribution in [3.8, 4) is 0 Å². The first-order valence-corrected chi connectivity index (χ1v) is 22.2. The molecule has 1 N–H and O–H groups in total. The number of hydrogen-bond donors (Lipinski definition) is 1. The highest BCUT2D eigenvalue weighted by molar-refractivity contribution is 7.13. The second kappa shape index (κ2) is 24.6. The number of allylic oxidation sites excluding steroid dienone is 10. The Hall–Kier alpha value is -4.22. The summed E-state index contributed by atoms with van der Waals surface area (Å²) in [4.78, 5) is 32.4. The van der Waals surface area contributed by atoms with Gasteiger partial charge in [0.15, 0.2) is 0 Å². The summed E-state index contributed by atoms with van der Waals surface area (Å²) in [5.74, 6) is -0.143. The van der Waals surface area contributed by atoms with Crippen molar-refractivity contribution in [2.75, 3.05) is 49.1 Å². The quantitative estimate of drug-likeness (QED) is 0.0570. The molecule has 0 saturated carbocycles. The molecule has 5 rings (SSSR count). The van der Waals surface area contributed by atoms with Gasteiger partial charge < -0.3 is 24.4 Å². The maximum Gasteiger partial charge on any atom is 0.369 e. The van der Waals surface area contributed by atoms with Gasteiger partial charge in [0, 0.05) is 61.7 Å². The van der Waals surface area contributed by atoms with Crippen LogP contribution in [-0.2, 0) is 31.9 Å². The molecule has 2 aliphatic heterocycles. The van der Waals surface area contributed by atoms with Crippen molar-refractivity contribution >= 4 is 56.7 Å². The Bertz CT molecular complexity index is 1900. The minimum absolute atomic E-state index is 0.119. The minimum atomic E-state index is -1.40. The van der Waals surface area contributed by atoms with Crippen molar-refractivity contribution in [1.29, 1.82) is 0 Å². The average Bonchev–Trinajstić information content (AvgIpc) is 3.80. The van der Waals surface area contributed by atoms with Gasteiger partial charge in [0.2, 0.25) is 0 Å². The molecule has 2 unspecified atom stereocenters. The number of carbonyl (C=O) groups is 2. The molecule has 2 aliphatic rings. The topological polar surface area (TPSA) is 95.4 Å². The molecule has 11 heteroatoms. The number of carbonyl (C=O) groups excluding carboxylic acids is 2. The van der Waals surface area contributed by atoms with E-state index in [1.54, 1.807) is 24.5 Å². The summed E-state index contributed by atoms with van der Waals surface area (Å²) in [6, 6.07) is 12.2. The molecule has 312 valence electrons. The Morgan fingerprint density at radius 3 is 2.26 bits per heavy atom. The molecule has 0 bridgehead atoms. The first-order valence-electron chi connectivity index (χ1n) is 21.1. The summed E-state index contributed by atoms with van der Waals surface area (Å²) in [6.07, 6.45) is 28.9. The zero-order chi connectivity index (χ0) is 41.0. The lowest BCUT2D eigenvalue weighted by atomic mass is 10.0. The first kappa shape index (κ1) is 44.9. The van der Waals surface area contributed by atoms with Gasteiger partial charge in [-0.05, 0) is 106 Å². The molecule has 0 radical (unpaired) electrons. The van der Waals surface area contributed by atoms with Gasteiger partial charge in [-0.15, -0.1) is 0 Å². The van der Waals surface area contributed by atoms with Gasteiger partial charge in [0.25, 0.3) is 6.23 Å². The van der Waals surface area contributed by atoms with E-state index in [-0.39, 0.29) is 19.4 Å². The number of aliphatic hydroxyl groups is 1. The number of halogens is 1. The Labute approximate surface area is 354 Å². The van der Waals surface area contributed by atoms with Crippen LogP contribution in [0.15, 0.2) is 97.2 Å². The molecule has 2 atom stereocenters. The standard InChI is InChI=1S/C47H61ClN4O5S/c1-3-5-6-7-8-9-10-11-12-13-14-15-16-17-18-19-20-21-22-27-44(54)57-46(47(55)56-4-2)52-41-36-40(48)37(34-38(41)35-43(52)53)28-29-50-30-32-51(33-31-50)45-39-25-23-24-26-42(39)58-49-45/h5-6,8-9,11-12,14-15,17-18,23-26,34,36,43,46,53H,3-4,7,10,13,16,19-22,27-33,35H2,1-2H3/b6-5-,9-8-,12-11-,15-14-,18-17-. The highest BCUT2D eigenvalue weighted by Crippen LogP contribution is 2.38. The number of unbranched alkanes of at least 4 members (excludes halogenated alkanes) is 3. The van der Waals surface area contributed by atoms with Crippen molar-refractivity contribution in [3.05, 3.63) is 113 Å². The second-order valence-electron chi connectivity index (χ2n) is 14.6. The molecular weight excluding hydrogens is 768 g/mol. The van der Waals surface area contributed by atoms with E-state index < -0.39 is 24.4 Å². The molecule has 1 aromatic heterocycles. The second-order valence-corrected chi connectivity index (χ2v) is 15.9. The molecule has 0 spiro atoms. The van der Waals surface area contributed by atoms with Gasteiger partial charge in [0.1, 0.15) is 12.0 Å². The van der Waals surface area contributed by atoms with E-state index in [1.807, 2.05) is 6.07 Å². The number of aliphatic hydroxyl groups excluding tert-OH is 1. The maximum absolute atomic E-state index is 13.1. The molecule has 0 amide bonds. The molecule has 58 heavy (non-hydrogen) atoms. The summed E-state index contributed by atoms with van der Waals surface area (Å²) in [7, 11) is 0. The number of aromatic nitrogens is 1. The van der Waals surface area contributed by atoms with Crippen molar-refractivity contribution in [1.82, 2.24) is 9.27 Å². The average molecular weight is 830 g/mol. The van der Waals surface area contributed by atoms with Crippen LogP contribution in [0.5, 0.6) is 0 Å². The fourth-order valence-electron chi connectivity index (χ4n) is 7.25. The van der Waals surface area contributed by atoms with Crippen molar-refractivity contribution in [2.24, 2.45) is 0 Å². The highest BCUT2D eigenvalue weighted by Gasteiger charge is 2.41. The summed E-state index contributed by atoms with van der Waals surface area (Å²) in [6.45, 7) is 8.49. The van der Waals surface area contributed by atoms with E-state index >= 15 is 0 Å². The third-order valence-corrected chi connectivity index (χ3v) is 11.5. The van der Waals surface area contributed by atoms with Gasteiger partial charge in [-0.2, -0.15) is 4.37 Å². The minimum Gasteiger partial charge on any atom is -0.462 e. The van der Waals surface area contributed by atoms with Gasteiger partial charge in [-0.1, -0.05) is 104 Å². The van der Waals surface area contributed by atoms with Gasteiger partial charge in [0.05, 0.1) is 11.3 Å². The Morgan fingerprint density at radius 1 is 0.897 bits per heavy atom. The number of benzene rings is 2. The van der Waals surface area contributed by atoms with Gasteiger partial charge in [-0.25, -0.2) is 4.79 Å². The van der Waals surface area contributed by atoms with E-state index in [1.165, 1.54) is 15.0 Å². The SMILES string of the molecule is CC/C=C\C/C=C\C/C=C\C/C=C\C/C=C\CCCCCC(=O)OC(C(=O)OCC)N1c2cc(Cl)c(CCN3CCN(c4nsc5ccccc45)CC3)cc2CC1O. The van der Waals surface area contributed by atoms with E-state index in [2.05, 4.69) is 102 Å². The molecule has 0 aliphatic carbocycles. The van der Waals surface area contributed by atoms with Crippen LogP contribution >= 0.6 is 23.1 Å². The first-order chi connectivity index (χ1) is 28.4. The van der Waals surface area contributed by atoms with E-state index in [4.69, 9.17) is 25.4 Å². The lowest BCUT2D eigenvalue weighted by Gasteiger charge is -2.35. The molecule has 3 heterocycles. The van der Waals surface area contributed by atoms with E-state index in [9.17, 15) is 14.7 Å². The van der Waals surface area contributed by atoms with Crippen molar-refractivity contribution in [3.63, 3.8) is 0 Å². The van der Waals surface area contributed by atoms with Crippen LogP contribution in [0.25, 0.3) is 10.1 Å². The van der Waals surface area contributed by atoms with E-state index in [0.717, 1.165) is 107 Å². The summed E-state index contributed by atoms with van der Waals surface area (Å²) >= 11 is 8.40. The zero-order valence-electron chi connectivity index (χ0n) is 34.3. The number of esters is 2. The fraction of sp³-hybridized carbons (Fsp3) is 0.468. The Kier molecular flexibility index (Phi) is 19.1. The van der Waals surface area contributed by atoms with Gasteiger partial charge in [-0.3, -0.25) is 9.69 Å². The Balaban J connectivity index is 1.02. The summed E-state index contributed by atoms with van der Waals surface area (Å²) in [5.41, 5.74) is 2.41. The largest absolute Gasteiger partial charge is 0.462 e. The van der Waals surface area contributed by atoms with Crippen LogP contribution in [0.3, 0.4) is 0 Å². The Morgan fingerprint density at radius 2 is 1.57 bits per heavy atom. The number of rotatable bonds is 23. The number of anilines is 2. The summed E-state index contributed by atoms with van der Waals surface area (Å²) in [5, 5.41) is 13.0. The van der Waals surface area contributed by atoms with Crippen molar-refractivity contribution < 1.29 is 24.2 Å². The lowest BCUT2D eigenvalue weighted by Crippen LogP contribution is -2.49. The molecule has 1 saturated heterocycles. The molecular formula is C47H61ClN4O5S. The number of ether oxygens (including phenoxy) is 2. The van der Waals surface area contributed by atoms with Gasteiger partial charge >= 0.3 is 11.9 Å². The fourth-order valence-corrected chi connectivity index (χ4v) is 8.30. The monoisotopic (exact) mass is 828 g/mol. The zero-order valence-corrected chi connectivity index (χ0v) is 35.8. The van der Waals surface area contributed by atoms with Crippen LogP contribution in [0.2, 0.25) is 5.02 Å². The summed E-state index contributed by atoms with van der Waals surface area (Å²) < 4.78 is 17.0. The third kappa shape index (κ3) is 13.7. The molecule has 9 nitrogen and oxygen atoms in total. The highest BCUT2D eigenvalue weighted by atomic mass is 35.5. The number of piperazine rings is 1. The van der Waals surface area contributed by atoms with Crippen LogP contribution < -0.4 is 9.80 Å². The van der Waals surface area contributed by atoms with Crippen LogP contribution in [-0.4, -0.2) is 78.1 Å². The maximum atomic E-state index is 13.1. The number of hydrogen-bond acceptors (Lipinski definition) is 10. The van der Waals surface area contributed by atoms with Crippen LogP contribution in [0.4, 0.5) is 11.5 Å². The predicted molar refractivity (Wildman–Crippen MR) is 240 cm³/mol. The smallest absolute Gasteiger partial charge is 0.369 e. The molecule has 2 aromatic carbocycles. The van der Waals surface area contributed by atoms with Crippen LogP contribution in [0.1, 0.15) is 89.2 Å². The molecule has 3 aromatic rings. The van der Waals surface area contributed by atoms with Crippen molar-refractivity contribution in [2.45, 2.75) is 103 Å². The number of fused-ring (bicyclic) bond motifs is 2. The third-order valence-electron chi connectivity index (χ3n) is 10.4. The molecule has 1 fully saturated rings. The number of nitrogens with zero attached hydrogens (tertiary/aromatic N) is 4.